The van der Waals surface area contributed by atoms with Gasteiger partial charge in [0.25, 0.3) is 0 Å². The second kappa shape index (κ2) is 6.32. The van der Waals surface area contributed by atoms with Gasteiger partial charge in [-0.25, -0.2) is 4.68 Å². The number of ether oxygens (including phenoxy) is 1. The first-order valence-corrected chi connectivity index (χ1v) is 7.32. The molecule has 0 atom stereocenters. The Kier molecular flexibility index (Phi) is 4.27. The van der Waals surface area contributed by atoms with E-state index in [9.17, 15) is 4.79 Å². The summed E-state index contributed by atoms with van der Waals surface area (Å²) in [6, 6.07) is 0. The van der Waals surface area contributed by atoms with Crippen molar-refractivity contribution in [1.29, 1.82) is 0 Å². The van der Waals surface area contributed by atoms with Crippen LogP contribution in [0.1, 0.15) is 30.7 Å². The maximum atomic E-state index is 11.9. The van der Waals surface area contributed by atoms with Gasteiger partial charge in [0.15, 0.2) is 0 Å². The number of nitrogens with one attached hydrogen (secondary N) is 1. The zero-order valence-corrected chi connectivity index (χ0v) is 11.7. The van der Waals surface area contributed by atoms with Gasteiger partial charge in [-0.3, -0.25) is 4.79 Å². The molecule has 0 radical (unpaired) electrons. The van der Waals surface area contributed by atoms with Crippen molar-refractivity contribution >= 4 is 5.91 Å². The van der Waals surface area contributed by atoms with Gasteiger partial charge in [0.2, 0.25) is 5.91 Å². The molecule has 0 aliphatic carbocycles. The van der Waals surface area contributed by atoms with Crippen molar-refractivity contribution in [1.82, 2.24) is 25.2 Å². The molecule has 2 aliphatic rings. The molecule has 1 amide bonds. The quantitative estimate of drug-likeness (QED) is 0.834. The highest BCUT2D eigenvalue weighted by molar-refractivity contribution is 5.77. The van der Waals surface area contributed by atoms with Gasteiger partial charge < -0.3 is 15.0 Å². The van der Waals surface area contributed by atoms with Gasteiger partial charge in [0, 0.05) is 26.2 Å². The minimum absolute atomic E-state index is 0.0823. The van der Waals surface area contributed by atoms with Gasteiger partial charge in [-0.1, -0.05) is 5.21 Å². The molecule has 0 aromatic carbocycles. The summed E-state index contributed by atoms with van der Waals surface area (Å²) in [5, 5.41) is 11.6. The molecule has 1 aromatic rings. The molecule has 7 heteroatoms. The Hall–Kier alpha value is -1.47. The molecule has 1 fully saturated rings. The molecule has 1 N–H and O–H groups in total. The SMILES string of the molecule is O=C(COCc1nnn2c1CNCCC2)N1CCCC1. The van der Waals surface area contributed by atoms with Gasteiger partial charge in [-0.2, -0.15) is 0 Å². The van der Waals surface area contributed by atoms with Gasteiger partial charge in [0.1, 0.15) is 12.3 Å². The van der Waals surface area contributed by atoms with Crippen LogP contribution in [0.2, 0.25) is 0 Å². The number of rotatable bonds is 4. The lowest BCUT2D eigenvalue weighted by atomic mass is 10.3. The number of amides is 1. The molecule has 0 saturated carbocycles. The molecule has 110 valence electrons. The standard InChI is InChI=1S/C13H21N5O2/c19-13(17-5-1-2-6-17)10-20-9-11-12-8-14-4-3-7-18(12)16-15-11/h14H,1-10H2. The van der Waals surface area contributed by atoms with E-state index in [0.29, 0.717) is 6.61 Å². The smallest absolute Gasteiger partial charge is 0.248 e. The first kappa shape index (κ1) is 13.5. The van der Waals surface area contributed by atoms with E-state index >= 15 is 0 Å². The number of aromatic nitrogens is 3. The van der Waals surface area contributed by atoms with Crippen molar-refractivity contribution in [3.8, 4) is 0 Å². The summed E-state index contributed by atoms with van der Waals surface area (Å²) in [5.74, 6) is 0.0823. The normalized spacial score (nSPS) is 18.9. The van der Waals surface area contributed by atoms with Gasteiger partial charge in [-0.15, -0.1) is 5.10 Å². The lowest BCUT2D eigenvalue weighted by Crippen LogP contribution is -2.31. The lowest BCUT2D eigenvalue weighted by Gasteiger charge is -2.14. The van der Waals surface area contributed by atoms with Crippen LogP contribution in [0.5, 0.6) is 0 Å². The highest BCUT2D eigenvalue weighted by Gasteiger charge is 2.19. The van der Waals surface area contributed by atoms with E-state index in [1.54, 1.807) is 0 Å². The van der Waals surface area contributed by atoms with Crippen molar-refractivity contribution in [3.05, 3.63) is 11.4 Å². The average Bonchev–Trinajstić information content (AvgIpc) is 3.05. The first-order valence-electron chi connectivity index (χ1n) is 7.32. The Morgan fingerprint density at radius 2 is 2.10 bits per heavy atom. The van der Waals surface area contributed by atoms with Gasteiger partial charge >= 0.3 is 0 Å². The second-order valence-corrected chi connectivity index (χ2v) is 5.32. The zero-order valence-electron chi connectivity index (χ0n) is 11.7. The van der Waals surface area contributed by atoms with Crippen LogP contribution in [0.15, 0.2) is 0 Å². The van der Waals surface area contributed by atoms with Crippen LogP contribution >= 0.6 is 0 Å². The molecule has 1 saturated heterocycles. The summed E-state index contributed by atoms with van der Waals surface area (Å²) >= 11 is 0. The second-order valence-electron chi connectivity index (χ2n) is 5.32. The Balaban J connectivity index is 1.51. The van der Waals surface area contributed by atoms with E-state index in [-0.39, 0.29) is 12.5 Å². The highest BCUT2D eigenvalue weighted by Crippen LogP contribution is 2.11. The van der Waals surface area contributed by atoms with Crippen molar-refractivity contribution < 1.29 is 9.53 Å². The van der Waals surface area contributed by atoms with Crippen LogP contribution < -0.4 is 5.32 Å². The third-order valence-electron chi connectivity index (χ3n) is 3.86. The largest absolute Gasteiger partial charge is 0.365 e. The Morgan fingerprint density at radius 3 is 2.95 bits per heavy atom. The average molecular weight is 279 g/mol. The van der Waals surface area contributed by atoms with Crippen LogP contribution in [0.4, 0.5) is 0 Å². The number of aryl methyl sites for hydroxylation is 1. The monoisotopic (exact) mass is 279 g/mol. The van der Waals surface area contributed by atoms with Crippen molar-refractivity contribution in [2.24, 2.45) is 0 Å². The third-order valence-corrected chi connectivity index (χ3v) is 3.86. The third kappa shape index (κ3) is 2.99. The molecule has 0 spiro atoms. The number of hydrogen-bond acceptors (Lipinski definition) is 5. The Bertz CT molecular complexity index is 467. The fraction of sp³-hybridized carbons (Fsp3) is 0.769. The van der Waals surface area contributed by atoms with E-state index in [0.717, 1.165) is 63.4 Å². The van der Waals surface area contributed by atoms with Crippen molar-refractivity contribution in [3.63, 3.8) is 0 Å². The van der Waals surface area contributed by atoms with Crippen LogP contribution in [0.25, 0.3) is 0 Å². The maximum Gasteiger partial charge on any atom is 0.248 e. The molecule has 0 bridgehead atoms. The minimum atomic E-state index is 0.0823. The predicted molar refractivity (Wildman–Crippen MR) is 71.8 cm³/mol. The number of hydrogen-bond donors (Lipinski definition) is 1. The van der Waals surface area contributed by atoms with E-state index in [4.69, 9.17) is 4.74 Å². The molecular formula is C13H21N5O2. The topological polar surface area (TPSA) is 72.3 Å². The van der Waals surface area contributed by atoms with Crippen LogP contribution in [-0.2, 0) is 29.2 Å². The zero-order chi connectivity index (χ0) is 13.8. The summed E-state index contributed by atoms with van der Waals surface area (Å²) in [7, 11) is 0. The molecule has 2 aliphatic heterocycles. The summed E-state index contributed by atoms with van der Waals surface area (Å²) in [6.07, 6.45) is 3.27. The van der Waals surface area contributed by atoms with Crippen LogP contribution in [0, 0.1) is 0 Å². The molecule has 1 aromatic heterocycles. The van der Waals surface area contributed by atoms with Gasteiger partial charge in [-0.05, 0) is 25.8 Å². The molecule has 3 rings (SSSR count). The Morgan fingerprint density at radius 1 is 1.25 bits per heavy atom. The maximum absolute atomic E-state index is 11.9. The minimum Gasteiger partial charge on any atom is -0.365 e. The summed E-state index contributed by atoms with van der Waals surface area (Å²) in [6.45, 7) is 4.89. The first-order chi connectivity index (χ1) is 9.84. The number of fused-ring (bicyclic) bond motifs is 1. The van der Waals surface area contributed by atoms with Crippen LogP contribution in [-0.4, -0.2) is 52.0 Å². The van der Waals surface area contributed by atoms with E-state index in [1.165, 1.54) is 0 Å². The summed E-state index contributed by atoms with van der Waals surface area (Å²) < 4.78 is 7.46. The van der Waals surface area contributed by atoms with E-state index < -0.39 is 0 Å². The predicted octanol–water partition coefficient (Wildman–Crippen LogP) is -0.0896. The molecular weight excluding hydrogens is 258 g/mol. The van der Waals surface area contributed by atoms with Crippen molar-refractivity contribution in [2.45, 2.75) is 39.0 Å². The molecule has 3 heterocycles. The number of nitrogens with zero attached hydrogens (tertiary/aromatic N) is 4. The molecule has 7 nitrogen and oxygen atoms in total. The Labute approximate surface area is 118 Å². The van der Waals surface area contributed by atoms with E-state index in [2.05, 4.69) is 15.6 Å². The van der Waals surface area contributed by atoms with Gasteiger partial charge in [0.05, 0.1) is 12.3 Å². The highest BCUT2D eigenvalue weighted by atomic mass is 16.5. The van der Waals surface area contributed by atoms with E-state index in [1.807, 2.05) is 9.58 Å². The van der Waals surface area contributed by atoms with Crippen LogP contribution in [0.3, 0.4) is 0 Å². The fourth-order valence-electron chi connectivity index (χ4n) is 2.71. The fourth-order valence-corrected chi connectivity index (χ4v) is 2.71. The molecule has 20 heavy (non-hydrogen) atoms. The summed E-state index contributed by atoms with van der Waals surface area (Å²) in [5.41, 5.74) is 1.92. The van der Waals surface area contributed by atoms with Crippen molar-refractivity contribution in [2.75, 3.05) is 26.2 Å². The number of carbonyl (C=O) groups is 1. The molecule has 0 unspecified atom stereocenters. The lowest BCUT2D eigenvalue weighted by molar-refractivity contribution is -0.135. The number of carbonyl (C=O) groups excluding carboxylic acids is 1. The number of likely N-dealkylation sites (tertiary alicyclic amines) is 1. The summed E-state index contributed by atoms with van der Waals surface area (Å²) in [4.78, 5) is 13.7.